The Balaban J connectivity index is 2.31. The summed E-state index contributed by atoms with van der Waals surface area (Å²) in [5, 5.41) is 23.2. The molecule has 1 aliphatic heterocycles. The fraction of sp³-hybridized carbons (Fsp3) is 0.222. The highest BCUT2D eigenvalue weighted by Gasteiger charge is 2.31. The standard InChI is InChI=1S/C9H9N3O4/c13-8-5-10-9(11(8)14)6-2-1-3-7(4-6)12(15)16/h1-4,9-10,14H,5H2/t9-/m0/s1. The molecule has 0 unspecified atom stereocenters. The van der Waals surface area contributed by atoms with Crippen LogP contribution in [0.1, 0.15) is 11.7 Å². The van der Waals surface area contributed by atoms with Crippen LogP contribution in [0, 0.1) is 10.1 Å². The Bertz CT molecular complexity index is 448. The molecule has 1 fully saturated rings. The van der Waals surface area contributed by atoms with Gasteiger partial charge in [-0.1, -0.05) is 12.1 Å². The smallest absolute Gasteiger partial charge is 0.269 e. The molecule has 16 heavy (non-hydrogen) atoms. The first-order valence-electron chi connectivity index (χ1n) is 4.58. The Morgan fingerprint density at radius 1 is 1.56 bits per heavy atom. The molecule has 2 N–H and O–H groups in total. The van der Waals surface area contributed by atoms with E-state index in [1.54, 1.807) is 6.07 Å². The van der Waals surface area contributed by atoms with Crippen LogP contribution in [-0.2, 0) is 4.79 Å². The largest absolute Gasteiger partial charge is 0.284 e. The van der Waals surface area contributed by atoms with Gasteiger partial charge >= 0.3 is 0 Å². The zero-order chi connectivity index (χ0) is 11.7. The van der Waals surface area contributed by atoms with Gasteiger partial charge in [-0.05, 0) is 5.56 Å². The molecule has 7 nitrogen and oxygen atoms in total. The fourth-order valence-electron chi connectivity index (χ4n) is 1.56. The predicted octanol–water partition coefficient (Wildman–Crippen LogP) is 0.414. The van der Waals surface area contributed by atoms with Gasteiger partial charge in [-0.2, -0.15) is 0 Å². The molecule has 0 aliphatic carbocycles. The van der Waals surface area contributed by atoms with E-state index >= 15 is 0 Å². The molecule has 1 aliphatic rings. The Kier molecular flexibility index (Phi) is 2.55. The van der Waals surface area contributed by atoms with Crippen molar-refractivity contribution in [3.05, 3.63) is 39.9 Å². The molecule has 0 bridgehead atoms. The number of nitro benzene ring substituents is 1. The SMILES string of the molecule is O=C1CN[C@H](c2cccc([N+](=O)[O-])c2)N1O. The number of amides is 1. The van der Waals surface area contributed by atoms with Gasteiger partial charge in [-0.25, -0.2) is 5.06 Å². The van der Waals surface area contributed by atoms with E-state index in [0.717, 1.165) is 0 Å². The van der Waals surface area contributed by atoms with Gasteiger partial charge in [0.2, 0.25) is 0 Å². The normalized spacial score (nSPS) is 20.2. The highest BCUT2D eigenvalue weighted by Crippen LogP contribution is 2.23. The average molecular weight is 223 g/mol. The number of nitrogens with zero attached hydrogens (tertiary/aromatic N) is 2. The molecular weight excluding hydrogens is 214 g/mol. The molecule has 0 spiro atoms. The van der Waals surface area contributed by atoms with Crippen molar-refractivity contribution in [2.24, 2.45) is 0 Å². The second kappa shape index (κ2) is 3.87. The van der Waals surface area contributed by atoms with Gasteiger partial charge in [0.05, 0.1) is 11.5 Å². The number of benzene rings is 1. The summed E-state index contributed by atoms with van der Waals surface area (Å²) in [5.74, 6) is -0.462. The maximum absolute atomic E-state index is 11.1. The van der Waals surface area contributed by atoms with Crippen molar-refractivity contribution in [2.45, 2.75) is 6.17 Å². The van der Waals surface area contributed by atoms with E-state index in [1.807, 2.05) is 0 Å². The maximum atomic E-state index is 11.1. The van der Waals surface area contributed by atoms with Crippen molar-refractivity contribution in [2.75, 3.05) is 6.54 Å². The molecular formula is C9H9N3O4. The molecule has 0 radical (unpaired) electrons. The van der Waals surface area contributed by atoms with Crippen molar-refractivity contribution in [3.63, 3.8) is 0 Å². The van der Waals surface area contributed by atoms with Crippen LogP contribution in [0.5, 0.6) is 0 Å². The lowest BCUT2D eigenvalue weighted by Gasteiger charge is -2.17. The van der Waals surface area contributed by atoms with Crippen LogP contribution < -0.4 is 5.32 Å². The van der Waals surface area contributed by atoms with Crippen molar-refractivity contribution < 1.29 is 14.9 Å². The minimum atomic E-state index is -0.715. The summed E-state index contributed by atoms with van der Waals surface area (Å²) in [7, 11) is 0. The Hall–Kier alpha value is -1.99. The van der Waals surface area contributed by atoms with E-state index in [9.17, 15) is 20.1 Å². The van der Waals surface area contributed by atoms with E-state index < -0.39 is 17.0 Å². The average Bonchev–Trinajstić information content (AvgIpc) is 2.60. The van der Waals surface area contributed by atoms with Crippen LogP contribution in [-0.4, -0.2) is 27.6 Å². The Morgan fingerprint density at radius 2 is 2.31 bits per heavy atom. The molecule has 1 aromatic rings. The summed E-state index contributed by atoms with van der Waals surface area (Å²) in [5.41, 5.74) is 0.398. The summed E-state index contributed by atoms with van der Waals surface area (Å²) >= 11 is 0. The molecule has 84 valence electrons. The third-order valence-electron chi connectivity index (χ3n) is 2.34. The number of nitrogens with one attached hydrogen (secondary N) is 1. The van der Waals surface area contributed by atoms with Gasteiger partial charge in [-0.15, -0.1) is 0 Å². The number of hydroxylamine groups is 2. The first kappa shape index (κ1) is 10.5. The minimum Gasteiger partial charge on any atom is -0.284 e. The highest BCUT2D eigenvalue weighted by atomic mass is 16.6. The van der Waals surface area contributed by atoms with Crippen LogP contribution in [0.2, 0.25) is 0 Å². The third kappa shape index (κ3) is 1.73. The third-order valence-corrected chi connectivity index (χ3v) is 2.34. The van der Waals surface area contributed by atoms with Crippen molar-refractivity contribution in [1.29, 1.82) is 0 Å². The monoisotopic (exact) mass is 223 g/mol. The predicted molar refractivity (Wildman–Crippen MR) is 52.5 cm³/mol. The van der Waals surface area contributed by atoms with Gasteiger partial charge in [-0.3, -0.25) is 25.4 Å². The number of rotatable bonds is 2. The Morgan fingerprint density at radius 3 is 2.88 bits per heavy atom. The number of non-ortho nitro benzene ring substituents is 1. The van der Waals surface area contributed by atoms with E-state index in [4.69, 9.17) is 0 Å². The molecule has 0 saturated carbocycles. The van der Waals surface area contributed by atoms with Crippen molar-refractivity contribution in [1.82, 2.24) is 10.4 Å². The van der Waals surface area contributed by atoms with Crippen molar-refractivity contribution >= 4 is 11.6 Å². The maximum Gasteiger partial charge on any atom is 0.269 e. The number of carbonyl (C=O) groups is 1. The van der Waals surface area contributed by atoms with Gasteiger partial charge in [0, 0.05) is 12.1 Å². The van der Waals surface area contributed by atoms with Crippen molar-refractivity contribution in [3.8, 4) is 0 Å². The van der Waals surface area contributed by atoms with Crippen LogP contribution in [0.4, 0.5) is 5.69 Å². The molecule has 1 atom stereocenters. The molecule has 1 aromatic carbocycles. The number of hydrogen-bond acceptors (Lipinski definition) is 5. The lowest BCUT2D eigenvalue weighted by atomic mass is 10.1. The van der Waals surface area contributed by atoms with Crippen LogP contribution >= 0.6 is 0 Å². The lowest BCUT2D eigenvalue weighted by Crippen LogP contribution is -2.26. The summed E-state index contributed by atoms with van der Waals surface area (Å²) in [4.78, 5) is 21.1. The number of carbonyl (C=O) groups excluding carboxylic acids is 1. The van der Waals surface area contributed by atoms with Gasteiger partial charge in [0.15, 0.2) is 0 Å². The van der Waals surface area contributed by atoms with Crippen LogP contribution in [0.3, 0.4) is 0 Å². The first-order chi connectivity index (χ1) is 7.59. The Labute approximate surface area is 90.4 Å². The molecule has 1 heterocycles. The molecule has 1 amide bonds. The van der Waals surface area contributed by atoms with E-state index in [1.165, 1.54) is 18.2 Å². The van der Waals surface area contributed by atoms with Gasteiger partial charge in [0.25, 0.3) is 11.6 Å². The molecule has 1 saturated heterocycles. The topological polar surface area (TPSA) is 95.7 Å². The van der Waals surface area contributed by atoms with E-state index in [0.29, 0.717) is 10.6 Å². The lowest BCUT2D eigenvalue weighted by molar-refractivity contribution is -0.385. The number of nitro groups is 1. The summed E-state index contributed by atoms with van der Waals surface area (Å²) < 4.78 is 0. The molecule has 0 aromatic heterocycles. The fourth-order valence-corrected chi connectivity index (χ4v) is 1.56. The van der Waals surface area contributed by atoms with Crippen LogP contribution in [0.15, 0.2) is 24.3 Å². The zero-order valence-electron chi connectivity index (χ0n) is 8.16. The highest BCUT2D eigenvalue weighted by molar-refractivity contribution is 5.79. The van der Waals surface area contributed by atoms with Crippen LogP contribution in [0.25, 0.3) is 0 Å². The number of hydrogen-bond donors (Lipinski definition) is 2. The van der Waals surface area contributed by atoms with E-state index in [-0.39, 0.29) is 12.2 Å². The summed E-state index contributed by atoms with van der Waals surface area (Å²) in [6.07, 6.45) is -0.715. The first-order valence-corrected chi connectivity index (χ1v) is 4.58. The molecule has 7 heteroatoms. The second-order valence-electron chi connectivity index (χ2n) is 3.37. The summed E-state index contributed by atoms with van der Waals surface area (Å²) in [6.45, 7) is 0.0177. The quantitative estimate of drug-likeness (QED) is 0.430. The van der Waals surface area contributed by atoms with Gasteiger partial charge < -0.3 is 0 Å². The zero-order valence-corrected chi connectivity index (χ0v) is 8.16. The van der Waals surface area contributed by atoms with Gasteiger partial charge in [0.1, 0.15) is 6.17 Å². The second-order valence-corrected chi connectivity index (χ2v) is 3.37. The minimum absolute atomic E-state index is 0.0177. The van der Waals surface area contributed by atoms with E-state index in [2.05, 4.69) is 5.32 Å². The molecule has 2 rings (SSSR count). The summed E-state index contributed by atoms with van der Waals surface area (Å²) in [6, 6.07) is 5.78.